The Morgan fingerprint density at radius 2 is 1.35 bits per heavy atom. The van der Waals surface area contributed by atoms with E-state index in [0.717, 1.165) is 12.8 Å². The van der Waals surface area contributed by atoms with Crippen LogP contribution < -0.4 is 0 Å². The zero-order valence-electron chi connectivity index (χ0n) is 16.4. The van der Waals surface area contributed by atoms with Crippen molar-refractivity contribution in [3.8, 4) is 0 Å². The molecular weight excluding hydrogens is 355 g/mol. The predicted octanol–water partition coefficient (Wildman–Crippen LogP) is 5.08. The Bertz CT molecular complexity index is 369. The number of aliphatic hydroxyl groups excluding tert-OH is 1. The summed E-state index contributed by atoms with van der Waals surface area (Å²) in [6.45, 7) is 1.76. The van der Waals surface area contributed by atoms with Gasteiger partial charge in [-0.2, -0.15) is 0 Å². The van der Waals surface area contributed by atoms with Crippen molar-refractivity contribution >= 4 is 7.82 Å². The topological polar surface area (TPSA) is 96.2 Å². The van der Waals surface area contributed by atoms with Gasteiger partial charge in [0.15, 0.2) is 0 Å². The molecule has 1 unspecified atom stereocenters. The standard InChI is InChI=1S/C19H39O6P/c1-2-3-4-5-6-7-8-9-10-11-12-13-14-15-16-24-17-19(20)18-25-26(21,22)23/h15-16,19-20H,2-14,17-18H2,1H3,(H2,21,22,23). The van der Waals surface area contributed by atoms with Gasteiger partial charge in [0, 0.05) is 0 Å². The molecule has 0 aliphatic rings. The maximum absolute atomic E-state index is 10.5. The first kappa shape index (κ1) is 25.6. The summed E-state index contributed by atoms with van der Waals surface area (Å²) < 4.78 is 19.8. The fourth-order valence-corrected chi connectivity index (χ4v) is 3.00. The lowest BCUT2D eigenvalue weighted by Crippen LogP contribution is -2.19. The summed E-state index contributed by atoms with van der Waals surface area (Å²) in [4.78, 5) is 17.0. The lowest BCUT2D eigenvalue weighted by atomic mass is 10.0. The van der Waals surface area contributed by atoms with Crippen molar-refractivity contribution in [3.63, 3.8) is 0 Å². The zero-order chi connectivity index (χ0) is 19.5. The summed E-state index contributed by atoms with van der Waals surface area (Å²) >= 11 is 0. The summed E-state index contributed by atoms with van der Waals surface area (Å²) in [5.41, 5.74) is 0. The van der Waals surface area contributed by atoms with E-state index in [-0.39, 0.29) is 6.61 Å². The van der Waals surface area contributed by atoms with Crippen LogP contribution in [0.1, 0.15) is 90.4 Å². The molecule has 0 aromatic heterocycles. The molecule has 1 atom stereocenters. The van der Waals surface area contributed by atoms with Crippen LogP contribution in [-0.4, -0.2) is 34.2 Å². The van der Waals surface area contributed by atoms with Crippen LogP contribution >= 0.6 is 7.82 Å². The van der Waals surface area contributed by atoms with Gasteiger partial charge in [-0.3, -0.25) is 4.52 Å². The molecule has 3 N–H and O–H groups in total. The highest BCUT2D eigenvalue weighted by molar-refractivity contribution is 7.46. The molecule has 156 valence electrons. The van der Waals surface area contributed by atoms with Gasteiger partial charge < -0.3 is 19.6 Å². The quantitative estimate of drug-likeness (QED) is 0.161. The second-order valence-corrected chi connectivity index (χ2v) is 8.06. The van der Waals surface area contributed by atoms with E-state index < -0.39 is 20.5 Å². The van der Waals surface area contributed by atoms with Gasteiger partial charge in [0.2, 0.25) is 0 Å². The maximum atomic E-state index is 10.5. The Kier molecular flexibility index (Phi) is 17.7. The lowest BCUT2D eigenvalue weighted by molar-refractivity contribution is 0.0357. The third kappa shape index (κ3) is 21.7. The summed E-state index contributed by atoms with van der Waals surface area (Å²) in [5, 5.41) is 9.40. The van der Waals surface area contributed by atoms with Gasteiger partial charge in [-0.1, -0.05) is 77.6 Å². The number of phosphoric ester groups is 1. The second kappa shape index (κ2) is 18.0. The van der Waals surface area contributed by atoms with Gasteiger partial charge in [-0.05, 0) is 18.9 Å². The zero-order valence-corrected chi connectivity index (χ0v) is 17.2. The molecule has 0 aromatic rings. The van der Waals surface area contributed by atoms with E-state index in [0.29, 0.717) is 0 Å². The van der Waals surface area contributed by atoms with Crippen molar-refractivity contribution in [3.05, 3.63) is 12.3 Å². The smallest absolute Gasteiger partial charge is 0.469 e. The Balaban J connectivity index is 3.25. The van der Waals surface area contributed by atoms with Crippen molar-refractivity contribution in [2.45, 2.75) is 96.5 Å². The molecule has 0 aromatic carbocycles. The van der Waals surface area contributed by atoms with Crippen LogP contribution in [0.15, 0.2) is 12.3 Å². The van der Waals surface area contributed by atoms with Gasteiger partial charge in [0.05, 0.1) is 12.9 Å². The molecule has 0 saturated carbocycles. The van der Waals surface area contributed by atoms with Crippen LogP contribution in [0.2, 0.25) is 0 Å². The Morgan fingerprint density at radius 1 is 0.846 bits per heavy atom. The fraction of sp³-hybridized carbons (Fsp3) is 0.895. The van der Waals surface area contributed by atoms with Gasteiger partial charge in [-0.25, -0.2) is 4.57 Å². The number of phosphoric acid groups is 1. The van der Waals surface area contributed by atoms with Crippen molar-refractivity contribution in [2.75, 3.05) is 13.2 Å². The molecule has 0 spiro atoms. The monoisotopic (exact) mass is 394 g/mol. The average molecular weight is 394 g/mol. The molecule has 0 fully saturated rings. The molecule has 7 heteroatoms. The minimum atomic E-state index is -4.53. The molecule has 26 heavy (non-hydrogen) atoms. The molecule has 0 aliphatic heterocycles. The van der Waals surface area contributed by atoms with Gasteiger partial charge in [-0.15, -0.1) is 0 Å². The van der Waals surface area contributed by atoms with Crippen molar-refractivity contribution < 1.29 is 28.7 Å². The van der Waals surface area contributed by atoms with Crippen LogP contribution in [0.3, 0.4) is 0 Å². The third-order valence-electron chi connectivity index (χ3n) is 4.14. The summed E-state index contributed by atoms with van der Waals surface area (Å²) in [6, 6.07) is 0. The fourth-order valence-electron chi connectivity index (χ4n) is 2.64. The average Bonchev–Trinajstić information content (AvgIpc) is 2.59. The molecule has 0 aliphatic carbocycles. The molecule has 0 saturated heterocycles. The minimum Gasteiger partial charge on any atom is -0.499 e. The van der Waals surface area contributed by atoms with E-state index in [4.69, 9.17) is 14.5 Å². The Labute approximate surface area is 159 Å². The van der Waals surface area contributed by atoms with E-state index in [9.17, 15) is 9.67 Å². The highest BCUT2D eigenvalue weighted by atomic mass is 31.2. The number of unbranched alkanes of at least 4 members (excludes halogenated alkanes) is 12. The predicted molar refractivity (Wildman–Crippen MR) is 105 cm³/mol. The van der Waals surface area contributed by atoms with Crippen molar-refractivity contribution in [2.24, 2.45) is 0 Å². The van der Waals surface area contributed by atoms with Crippen LogP contribution in [0.25, 0.3) is 0 Å². The first-order valence-electron chi connectivity index (χ1n) is 10.1. The Hall–Kier alpha value is -0.390. The van der Waals surface area contributed by atoms with E-state index in [1.807, 2.05) is 6.08 Å². The largest absolute Gasteiger partial charge is 0.499 e. The summed E-state index contributed by atoms with van der Waals surface area (Å²) in [6.07, 6.45) is 19.3. The lowest BCUT2D eigenvalue weighted by Gasteiger charge is -2.10. The highest BCUT2D eigenvalue weighted by Crippen LogP contribution is 2.35. The first-order valence-corrected chi connectivity index (χ1v) is 11.6. The van der Waals surface area contributed by atoms with Gasteiger partial charge in [0.25, 0.3) is 0 Å². The maximum Gasteiger partial charge on any atom is 0.469 e. The molecule has 6 nitrogen and oxygen atoms in total. The molecule has 0 radical (unpaired) electrons. The van der Waals surface area contributed by atoms with Crippen LogP contribution in [0.5, 0.6) is 0 Å². The summed E-state index contributed by atoms with van der Waals surface area (Å²) in [7, 11) is -4.53. The number of aliphatic hydroxyl groups is 1. The van der Waals surface area contributed by atoms with Crippen LogP contribution in [0, 0.1) is 0 Å². The second-order valence-electron chi connectivity index (χ2n) is 6.82. The van der Waals surface area contributed by atoms with E-state index >= 15 is 0 Å². The van der Waals surface area contributed by atoms with Crippen LogP contribution in [0.4, 0.5) is 0 Å². The SMILES string of the molecule is CCCCCCCCCCCCCCC=COCC(O)COP(=O)(O)O. The van der Waals surface area contributed by atoms with Crippen LogP contribution in [-0.2, 0) is 13.8 Å². The molecule has 0 amide bonds. The Morgan fingerprint density at radius 3 is 1.85 bits per heavy atom. The molecule has 0 rings (SSSR count). The molecular formula is C19H39O6P. The number of ether oxygens (including phenoxy) is 1. The van der Waals surface area contributed by atoms with Gasteiger partial charge in [0.1, 0.15) is 12.7 Å². The van der Waals surface area contributed by atoms with E-state index in [1.165, 1.54) is 76.9 Å². The number of allylic oxidation sites excluding steroid dienone is 1. The molecule has 0 bridgehead atoms. The first-order chi connectivity index (χ1) is 12.5. The third-order valence-corrected chi connectivity index (χ3v) is 4.63. The van der Waals surface area contributed by atoms with Crippen molar-refractivity contribution in [1.29, 1.82) is 0 Å². The number of hydrogen-bond donors (Lipinski definition) is 3. The number of hydrogen-bond acceptors (Lipinski definition) is 4. The minimum absolute atomic E-state index is 0.0467. The molecule has 0 heterocycles. The van der Waals surface area contributed by atoms with Gasteiger partial charge >= 0.3 is 7.82 Å². The van der Waals surface area contributed by atoms with E-state index in [2.05, 4.69) is 11.4 Å². The summed E-state index contributed by atoms with van der Waals surface area (Å²) in [5.74, 6) is 0. The number of rotatable bonds is 19. The normalized spacial score (nSPS) is 13.4. The van der Waals surface area contributed by atoms with E-state index in [1.54, 1.807) is 0 Å². The van der Waals surface area contributed by atoms with Crippen molar-refractivity contribution in [1.82, 2.24) is 0 Å². The highest BCUT2D eigenvalue weighted by Gasteiger charge is 2.16.